The maximum absolute atomic E-state index is 12.1. The van der Waals surface area contributed by atoms with Crippen molar-refractivity contribution in [1.29, 1.82) is 0 Å². The van der Waals surface area contributed by atoms with Gasteiger partial charge >= 0.3 is 6.09 Å². The number of alkyl carbamates (subject to hydrolysis) is 1. The first-order chi connectivity index (χ1) is 9.33. The van der Waals surface area contributed by atoms with Gasteiger partial charge in [-0.25, -0.2) is 4.79 Å². The SMILES string of the molecule is CC(C)(C)OC(=O)NC(C(=O)CBr)C1CCCCCC1. The molecular weight excluding hydrogens is 322 g/mol. The highest BCUT2D eigenvalue weighted by molar-refractivity contribution is 9.09. The molecule has 5 heteroatoms. The molecule has 0 aromatic heterocycles. The van der Waals surface area contributed by atoms with E-state index in [0.717, 1.165) is 25.7 Å². The van der Waals surface area contributed by atoms with Crippen molar-refractivity contribution in [3.05, 3.63) is 0 Å². The van der Waals surface area contributed by atoms with E-state index in [2.05, 4.69) is 21.2 Å². The third kappa shape index (κ3) is 6.25. The lowest BCUT2D eigenvalue weighted by atomic mass is 9.89. The van der Waals surface area contributed by atoms with Gasteiger partial charge in [0.1, 0.15) is 5.60 Å². The van der Waals surface area contributed by atoms with Crippen LogP contribution < -0.4 is 5.32 Å². The van der Waals surface area contributed by atoms with Crippen LogP contribution in [0.15, 0.2) is 0 Å². The highest BCUT2D eigenvalue weighted by atomic mass is 79.9. The van der Waals surface area contributed by atoms with Crippen LogP contribution in [0.3, 0.4) is 0 Å². The van der Waals surface area contributed by atoms with Crippen LogP contribution in [0.4, 0.5) is 4.79 Å². The number of ketones is 1. The number of carbonyl (C=O) groups is 2. The van der Waals surface area contributed by atoms with E-state index in [4.69, 9.17) is 4.74 Å². The van der Waals surface area contributed by atoms with E-state index in [1.807, 2.05) is 20.8 Å². The topological polar surface area (TPSA) is 55.4 Å². The molecule has 1 aliphatic rings. The molecule has 1 N–H and O–H groups in total. The molecule has 0 aromatic carbocycles. The Balaban J connectivity index is 2.68. The molecule has 1 amide bonds. The molecule has 1 rings (SSSR count). The second-order valence-electron chi connectivity index (χ2n) is 6.48. The number of rotatable bonds is 4. The van der Waals surface area contributed by atoms with Gasteiger partial charge in [0, 0.05) is 0 Å². The molecule has 4 nitrogen and oxygen atoms in total. The van der Waals surface area contributed by atoms with Gasteiger partial charge in [-0.2, -0.15) is 0 Å². The van der Waals surface area contributed by atoms with Crippen molar-refractivity contribution >= 4 is 27.8 Å². The van der Waals surface area contributed by atoms with Gasteiger partial charge < -0.3 is 10.1 Å². The molecule has 0 saturated heterocycles. The molecule has 0 aromatic rings. The zero-order chi connectivity index (χ0) is 15.2. The Kier molecular flexibility index (Phi) is 7.00. The molecule has 0 heterocycles. The first-order valence-corrected chi connectivity index (χ1v) is 8.54. The first-order valence-electron chi connectivity index (χ1n) is 7.41. The van der Waals surface area contributed by atoms with E-state index in [0.29, 0.717) is 0 Å². The number of halogens is 1. The van der Waals surface area contributed by atoms with E-state index in [9.17, 15) is 9.59 Å². The maximum Gasteiger partial charge on any atom is 0.408 e. The van der Waals surface area contributed by atoms with E-state index in [-0.39, 0.29) is 17.0 Å². The zero-order valence-electron chi connectivity index (χ0n) is 12.7. The molecule has 116 valence electrons. The third-order valence-electron chi connectivity index (χ3n) is 3.52. The molecule has 0 radical (unpaired) electrons. The van der Waals surface area contributed by atoms with Crippen LogP contribution in [-0.4, -0.2) is 28.8 Å². The molecule has 0 aliphatic heterocycles. The monoisotopic (exact) mass is 347 g/mol. The summed E-state index contributed by atoms with van der Waals surface area (Å²) in [7, 11) is 0. The summed E-state index contributed by atoms with van der Waals surface area (Å²) < 4.78 is 5.27. The fourth-order valence-corrected chi connectivity index (χ4v) is 2.97. The van der Waals surface area contributed by atoms with Crippen molar-refractivity contribution in [3.8, 4) is 0 Å². The first kappa shape index (κ1) is 17.5. The number of Topliss-reactive ketones (excluding diaryl/α,β-unsaturated/α-hetero) is 1. The van der Waals surface area contributed by atoms with Gasteiger partial charge in [-0.3, -0.25) is 4.79 Å². The lowest BCUT2D eigenvalue weighted by Crippen LogP contribution is -2.48. The number of ether oxygens (including phenoxy) is 1. The van der Waals surface area contributed by atoms with Gasteiger partial charge in [0.05, 0.1) is 11.4 Å². The molecular formula is C15H26BrNO3. The highest BCUT2D eigenvalue weighted by Crippen LogP contribution is 2.26. The maximum atomic E-state index is 12.1. The number of hydrogen-bond donors (Lipinski definition) is 1. The number of hydrogen-bond acceptors (Lipinski definition) is 3. The van der Waals surface area contributed by atoms with E-state index in [1.165, 1.54) is 12.8 Å². The fourth-order valence-electron chi connectivity index (χ4n) is 2.62. The predicted octanol–water partition coefficient (Wildman–Crippen LogP) is 3.81. The summed E-state index contributed by atoms with van der Waals surface area (Å²) in [4.78, 5) is 24.0. The molecule has 20 heavy (non-hydrogen) atoms. The van der Waals surface area contributed by atoms with Crippen LogP contribution in [0.1, 0.15) is 59.3 Å². The number of nitrogens with one attached hydrogen (secondary N) is 1. The number of amides is 1. The second kappa shape index (κ2) is 8.01. The van der Waals surface area contributed by atoms with Crippen molar-refractivity contribution in [2.75, 3.05) is 5.33 Å². The molecule has 1 fully saturated rings. The summed E-state index contributed by atoms with van der Waals surface area (Å²) in [5.74, 6) is 0.262. The average molecular weight is 348 g/mol. The largest absolute Gasteiger partial charge is 0.444 e. The second-order valence-corrected chi connectivity index (χ2v) is 7.04. The minimum Gasteiger partial charge on any atom is -0.444 e. The lowest BCUT2D eigenvalue weighted by molar-refractivity contribution is -0.119. The fraction of sp³-hybridized carbons (Fsp3) is 0.867. The predicted molar refractivity (Wildman–Crippen MR) is 83.2 cm³/mol. The van der Waals surface area contributed by atoms with Crippen LogP contribution >= 0.6 is 15.9 Å². The molecule has 1 atom stereocenters. The summed E-state index contributed by atoms with van der Waals surface area (Å²) in [6, 6.07) is -0.428. The Labute approximate surface area is 130 Å². The van der Waals surface area contributed by atoms with Gasteiger partial charge in [0.25, 0.3) is 0 Å². The smallest absolute Gasteiger partial charge is 0.408 e. The van der Waals surface area contributed by atoms with Gasteiger partial charge in [-0.15, -0.1) is 0 Å². The average Bonchev–Trinajstić information content (AvgIpc) is 2.61. The summed E-state index contributed by atoms with van der Waals surface area (Å²) in [5.41, 5.74) is -0.546. The minimum atomic E-state index is -0.546. The van der Waals surface area contributed by atoms with Gasteiger partial charge in [0.2, 0.25) is 0 Å². The highest BCUT2D eigenvalue weighted by Gasteiger charge is 2.30. The van der Waals surface area contributed by atoms with Crippen molar-refractivity contribution < 1.29 is 14.3 Å². The van der Waals surface area contributed by atoms with Gasteiger partial charge in [-0.1, -0.05) is 41.6 Å². The molecule has 0 spiro atoms. The van der Waals surface area contributed by atoms with Crippen molar-refractivity contribution in [1.82, 2.24) is 5.32 Å². The Hall–Kier alpha value is -0.580. The molecule has 0 bridgehead atoms. The van der Waals surface area contributed by atoms with Crippen LogP contribution in [-0.2, 0) is 9.53 Å². The van der Waals surface area contributed by atoms with Crippen LogP contribution in [0.5, 0.6) is 0 Å². The van der Waals surface area contributed by atoms with Crippen molar-refractivity contribution in [3.63, 3.8) is 0 Å². The van der Waals surface area contributed by atoms with Gasteiger partial charge in [0.15, 0.2) is 5.78 Å². The molecule has 1 aliphatic carbocycles. The van der Waals surface area contributed by atoms with Crippen LogP contribution in [0, 0.1) is 5.92 Å². The van der Waals surface area contributed by atoms with E-state index in [1.54, 1.807) is 0 Å². The normalized spacial score (nSPS) is 19.0. The lowest BCUT2D eigenvalue weighted by Gasteiger charge is -2.27. The van der Waals surface area contributed by atoms with Crippen molar-refractivity contribution in [2.24, 2.45) is 5.92 Å². The summed E-state index contributed by atoms with van der Waals surface area (Å²) in [6.07, 6.45) is 6.20. The molecule has 1 saturated carbocycles. The minimum absolute atomic E-state index is 0.0303. The Bertz CT molecular complexity index is 331. The van der Waals surface area contributed by atoms with E-state index >= 15 is 0 Å². The summed E-state index contributed by atoms with van der Waals surface area (Å²) in [5, 5.41) is 3.05. The third-order valence-corrected chi connectivity index (χ3v) is 4.07. The van der Waals surface area contributed by atoms with Crippen LogP contribution in [0.2, 0.25) is 0 Å². The zero-order valence-corrected chi connectivity index (χ0v) is 14.3. The number of carbonyl (C=O) groups excluding carboxylic acids is 2. The summed E-state index contributed by atoms with van der Waals surface area (Å²) in [6.45, 7) is 5.46. The number of alkyl halides is 1. The Morgan fingerprint density at radius 2 is 1.75 bits per heavy atom. The van der Waals surface area contributed by atoms with Gasteiger partial charge in [-0.05, 0) is 39.5 Å². The quantitative estimate of drug-likeness (QED) is 0.621. The molecule has 1 unspecified atom stereocenters. The standard InChI is InChI=1S/C15H26BrNO3/c1-15(2,3)20-14(19)17-13(12(18)10-16)11-8-6-4-5-7-9-11/h11,13H,4-10H2,1-3H3,(H,17,19). The van der Waals surface area contributed by atoms with E-state index < -0.39 is 17.7 Å². The Morgan fingerprint density at radius 1 is 1.20 bits per heavy atom. The van der Waals surface area contributed by atoms with Crippen molar-refractivity contribution in [2.45, 2.75) is 70.9 Å². The summed E-state index contributed by atoms with van der Waals surface area (Å²) >= 11 is 3.21. The Morgan fingerprint density at radius 3 is 2.20 bits per heavy atom. The van der Waals surface area contributed by atoms with Crippen LogP contribution in [0.25, 0.3) is 0 Å².